The molecule has 0 bridgehead atoms. The third-order valence-electron chi connectivity index (χ3n) is 6.94. The first kappa shape index (κ1) is 30.9. The molecule has 39 heavy (non-hydrogen) atoms. The summed E-state index contributed by atoms with van der Waals surface area (Å²) < 4.78 is 50.5. The molecule has 214 valence electrons. The third kappa shape index (κ3) is 7.72. The Morgan fingerprint density at radius 1 is 1.26 bits per heavy atom. The van der Waals surface area contributed by atoms with Crippen LogP contribution in [0.3, 0.4) is 0 Å². The normalized spacial score (nSPS) is 18.9. The summed E-state index contributed by atoms with van der Waals surface area (Å²) in [7, 11) is 0. The van der Waals surface area contributed by atoms with Gasteiger partial charge in [0.05, 0.1) is 16.1 Å². The van der Waals surface area contributed by atoms with Crippen molar-refractivity contribution >= 4 is 36.0 Å². The predicted molar refractivity (Wildman–Crippen MR) is 154 cm³/mol. The maximum Gasteiger partial charge on any atom is 0.238 e. The van der Waals surface area contributed by atoms with Gasteiger partial charge >= 0.3 is 0 Å². The van der Waals surface area contributed by atoms with Crippen LogP contribution in [0.25, 0.3) is 16.6 Å². The molecule has 0 unspecified atom stereocenters. The second-order valence-corrected chi connectivity index (χ2v) is 10.7. The number of nitrogens with zero attached hydrogens (tertiary/aromatic N) is 5. The molecular weight excluding hydrogens is 528 g/mol. The fraction of sp³-hybridized carbons (Fsp3) is 0.536. The minimum atomic E-state index is -2.12. The second-order valence-electron chi connectivity index (χ2n) is 9.91. The van der Waals surface area contributed by atoms with E-state index in [1.54, 1.807) is 23.9 Å². The Kier molecular flexibility index (Phi) is 10.8. The van der Waals surface area contributed by atoms with Crippen molar-refractivity contribution in [1.82, 2.24) is 19.5 Å². The predicted octanol–water partition coefficient (Wildman–Crippen LogP) is 7.35. The molecule has 5 rings (SSSR count). The molecule has 1 aliphatic heterocycles. The number of alkyl halides is 3. The van der Waals surface area contributed by atoms with Gasteiger partial charge in [-0.3, -0.25) is 9.89 Å². The highest BCUT2D eigenvalue weighted by atomic mass is 32.1. The summed E-state index contributed by atoms with van der Waals surface area (Å²) in [6.45, 7) is 8.57. The molecule has 2 N–H and O–H groups in total. The Hall–Kier alpha value is -2.66. The van der Waals surface area contributed by atoms with E-state index in [2.05, 4.69) is 32.6 Å². The zero-order valence-electron chi connectivity index (χ0n) is 23.0. The van der Waals surface area contributed by atoms with Crippen LogP contribution < -0.4 is 5.73 Å². The number of hydrogen-bond donors (Lipinski definition) is 2. The number of aromatic nitrogens is 3. The van der Waals surface area contributed by atoms with Gasteiger partial charge in [-0.15, -0.1) is 5.10 Å². The van der Waals surface area contributed by atoms with Gasteiger partial charge in [0.15, 0.2) is 0 Å². The largest absolute Gasteiger partial charge is 0.367 e. The van der Waals surface area contributed by atoms with E-state index in [1.807, 2.05) is 26.0 Å². The maximum absolute atomic E-state index is 14.3. The molecule has 1 aliphatic carbocycles. The van der Waals surface area contributed by atoms with Gasteiger partial charge in [-0.05, 0) is 88.7 Å². The summed E-state index contributed by atoms with van der Waals surface area (Å²) in [5, 5.41) is 4.14. The number of aryl methyl sites for hydroxylation is 2. The number of fused-ring (bicyclic) bond motifs is 1. The van der Waals surface area contributed by atoms with Crippen LogP contribution in [0.4, 0.5) is 29.2 Å². The van der Waals surface area contributed by atoms with Crippen molar-refractivity contribution in [3.05, 3.63) is 41.5 Å². The Balaban J connectivity index is 0.000000206. The molecule has 1 aromatic carbocycles. The second kappa shape index (κ2) is 13.6. The number of nitrogens with two attached hydrogens (primary N) is 1. The lowest BCUT2D eigenvalue weighted by Crippen LogP contribution is -2.53. The molecule has 0 amide bonds. The SMILES string of the molecule is CC=Nc1c(C)cc(-c2ccn3nc(N)nc(C)c23)cc1F.CCC(F)F.F[C@@H]1CCCN(C2(S)CCC2)C1. The zero-order valence-corrected chi connectivity index (χ0v) is 23.9. The highest BCUT2D eigenvalue weighted by Crippen LogP contribution is 2.42. The number of piperidine rings is 1. The van der Waals surface area contributed by atoms with E-state index in [0.717, 1.165) is 60.1 Å². The van der Waals surface area contributed by atoms with Crippen LogP contribution in [0.5, 0.6) is 0 Å². The van der Waals surface area contributed by atoms with Gasteiger partial charge in [-0.25, -0.2) is 27.1 Å². The number of nitrogen functional groups attached to an aromatic ring is 1. The standard InChI is InChI=1S/C16H16FN5.C9H16FNS.C3H6F2/c1-4-19-14-9(2)7-11(8-13(14)17)12-5-6-22-15(12)10(3)20-16(18)21-22;10-8-3-1-6-11(7-8)9(12)4-2-5-9;1-2-3(4)5/h4-8H,1-3H3,(H2,18,21);8,12H,1-7H2;3H,2H2,1H3/t;8-;/m.1./s1. The Bertz CT molecular complexity index is 1250. The van der Waals surface area contributed by atoms with Gasteiger partial charge in [-0.1, -0.05) is 6.92 Å². The van der Waals surface area contributed by atoms with E-state index >= 15 is 0 Å². The van der Waals surface area contributed by atoms with Crippen molar-refractivity contribution in [1.29, 1.82) is 0 Å². The number of likely N-dealkylation sites (tertiary alicyclic amines) is 1. The summed E-state index contributed by atoms with van der Waals surface area (Å²) in [6.07, 6.45) is 5.92. The molecule has 0 spiro atoms. The summed E-state index contributed by atoms with van der Waals surface area (Å²) in [4.78, 5) is 10.5. The summed E-state index contributed by atoms with van der Waals surface area (Å²) >= 11 is 4.62. The van der Waals surface area contributed by atoms with Crippen LogP contribution in [0.15, 0.2) is 29.4 Å². The minimum Gasteiger partial charge on any atom is -0.367 e. The van der Waals surface area contributed by atoms with Crippen molar-refractivity contribution in [2.75, 3.05) is 18.8 Å². The first-order valence-corrected chi connectivity index (χ1v) is 13.7. The first-order chi connectivity index (χ1) is 18.5. The molecule has 2 fully saturated rings. The van der Waals surface area contributed by atoms with Crippen LogP contribution in [0.2, 0.25) is 0 Å². The number of benzene rings is 1. The number of hydrogen-bond acceptors (Lipinski definition) is 6. The van der Waals surface area contributed by atoms with Crippen LogP contribution in [-0.2, 0) is 0 Å². The number of thiol groups is 1. The molecule has 3 aromatic rings. The van der Waals surface area contributed by atoms with E-state index in [-0.39, 0.29) is 23.1 Å². The number of anilines is 1. The maximum atomic E-state index is 14.3. The first-order valence-electron chi connectivity index (χ1n) is 13.3. The van der Waals surface area contributed by atoms with Crippen molar-refractivity contribution in [3.63, 3.8) is 0 Å². The average Bonchev–Trinajstić information content (AvgIpc) is 3.29. The summed E-state index contributed by atoms with van der Waals surface area (Å²) in [5.74, 6) is -0.136. The molecule has 0 radical (unpaired) electrons. The van der Waals surface area contributed by atoms with Crippen molar-refractivity contribution in [3.8, 4) is 11.1 Å². The van der Waals surface area contributed by atoms with E-state index in [0.29, 0.717) is 12.2 Å². The molecule has 3 heterocycles. The Morgan fingerprint density at radius 3 is 2.49 bits per heavy atom. The number of halogens is 4. The fourth-order valence-corrected chi connectivity index (χ4v) is 5.25. The summed E-state index contributed by atoms with van der Waals surface area (Å²) in [6, 6.07) is 5.28. The van der Waals surface area contributed by atoms with E-state index < -0.39 is 12.6 Å². The fourth-order valence-electron chi connectivity index (χ4n) is 4.75. The molecule has 2 aromatic heterocycles. The molecule has 1 saturated heterocycles. The lowest BCUT2D eigenvalue weighted by molar-refractivity contribution is 0.0419. The van der Waals surface area contributed by atoms with Crippen LogP contribution in [0, 0.1) is 19.7 Å². The zero-order chi connectivity index (χ0) is 28.7. The monoisotopic (exact) mass is 566 g/mol. The van der Waals surface area contributed by atoms with Crippen molar-refractivity contribution < 1.29 is 17.6 Å². The number of aliphatic imine (C=N–C) groups is 1. The molecule has 2 aliphatic rings. The molecule has 6 nitrogen and oxygen atoms in total. The lowest BCUT2D eigenvalue weighted by Gasteiger charge is -2.49. The van der Waals surface area contributed by atoms with Crippen LogP contribution >= 0.6 is 12.6 Å². The number of rotatable bonds is 4. The Labute approximate surface area is 233 Å². The van der Waals surface area contributed by atoms with Crippen LogP contribution in [-0.4, -0.2) is 56.3 Å². The van der Waals surface area contributed by atoms with Gasteiger partial charge in [0, 0.05) is 30.9 Å². The van der Waals surface area contributed by atoms with Gasteiger partial charge in [0.25, 0.3) is 0 Å². The highest BCUT2D eigenvalue weighted by Gasteiger charge is 2.40. The van der Waals surface area contributed by atoms with Crippen molar-refractivity contribution in [2.45, 2.75) is 83.7 Å². The van der Waals surface area contributed by atoms with Gasteiger partial charge < -0.3 is 5.73 Å². The summed E-state index contributed by atoms with van der Waals surface area (Å²) in [5.41, 5.74) is 10.0. The lowest BCUT2D eigenvalue weighted by atomic mass is 9.88. The Morgan fingerprint density at radius 2 is 1.95 bits per heavy atom. The average molecular weight is 567 g/mol. The molecular formula is C28H38F4N6S. The third-order valence-corrected chi connectivity index (χ3v) is 7.67. The van der Waals surface area contributed by atoms with E-state index in [4.69, 9.17) is 5.73 Å². The smallest absolute Gasteiger partial charge is 0.238 e. The molecule has 1 atom stereocenters. The van der Waals surface area contributed by atoms with Gasteiger partial charge in [-0.2, -0.15) is 12.6 Å². The van der Waals surface area contributed by atoms with Crippen molar-refractivity contribution in [2.24, 2.45) is 4.99 Å². The quantitative estimate of drug-likeness (QED) is 0.197. The topological polar surface area (TPSA) is 71.8 Å². The van der Waals surface area contributed by atoms with E-state index in [9.17, 15) is 17.6 Å². The highest BCUT2D eigenvalue weighted by molar-refractivity contribution is 7.81. The minimum absolute atomic E-state index is 0.0278. The van der Waals surface area contributed by atoms with Gasteiger partial charge in [0.2, 0.25) is 12.4 Å². The van der Waals surface area contributed by atoms with Crippen LogP contribution in [0.1, 0.15) is 63.6 Å². The van der Waals surface area contributed by atoms with E-state index in [1.165, 1.54) is 19.4 Å². The molecule has 11 heteroatoms. The van der Waals surface area contributed by atoms with Gasteiger partial charge in [0.1, 0.15) is 17.7 Å². The molecule has 1 saturated carbocycles.